The first-order chi connectivity index (χ1) is 7.22. The Morgan fingerprint density at radius 2 is 2.33 bits per heavy atom. The second-order valence-electron chi connectivity index (χ2n) is 3.39. The van der Waals surface area contributed by atoms with Gasteiger partial charge in [-0.2, -0.15) is 0 Å². The van der Waals surface area contributed by atoms with Gasteiger partial charge < -0.3 is 4.74 Å². The number of aryl methyl sites for hydroxylation is 1. The van der Waals surface area contributed by atoms with Crippen molar-refractivity contribution in [2.24, 2.45) is 0 Å². The molecule has 0 aliphatic rings. The topological polar surface area (TPSA) is 57.0 Å². The second kappa shape index (κ2) is 6.29. The van der Waals surface area contributed by atoms with Crippen molar-refractivity contribution in [2.45, 2.75) is 33.2 Å². The van der Waals surface area contributed by atoms with E-state index in [1.165, 1.54) is 0 Å². The maximum absolute atomic E-state index is 10.6. The summed E-state index contributed by atoms with van der Waals surface area (Å²) < 4.78 is 7.04. The molecule has 0 fully saturated rings. The molecule has 0 aromatic carbocycles. The van der Waals surface area contributed by atoms with E-state index in [4.69, 9.17) is 4.74 Å². The molecule has 0 saturated heterocycles. The predicted molar refractivity (Wildman–Crippen MR) is 55.5 cm³/mol. The first-order valence-corrected chi connectivity index (χ1v) is 5.18. The van der Waals surface area contributed by atoms with Crippen LogP contribution in [0, 0.1) is 0 Å². The van der Waals surface area contributed by atoms with E-state index in [9.17, 15) is 4.79 Å². The Balaban J connectivity index is 2.12. The van der Waals surface area contributed by atoms with Crippen molar-refractivity contribution in [3.8, 4) is 0 Å². The van der Waals surface area contributed by atoms with Gasteiger partial charge in [0, 0.05) is 12.6 Å². The van der Waals surface area contributed by atoms with Crippen LogP contribution >= 0.6 is 0 Å². The Morgan fingerprint density at radius 1 is 1.53 bits per heavy atom. The van der Waals surface area contributed by atoms with Crippen LogP contribution in [0.1, 0.15) is 26.0 Å². The Bertz CT molecular complexity index is 309. The van der Waals surface area contributed by atoms with Crippen LogP contribution in [0.3, 0.4) is 0 Å². The van der Waals surface area contributed by atoms with Gasteiger partial charge in [-0.05, 0) is 13.3 Å². The highest BCUT2D eigenvalue weighted by molar-refractivity contribution is 5.75. The number of rotatable bonds is 7. The van der Waals surface area contributed by atoms with Gasteiger partial charge in [-0.3, -0.25) is 4.79 Å². The minimum atomic E-state index is 0.157. The molecule has 0 N–H and O–H groups in total. The summed E-state index contributed by atoms with van der Waals surface area (Å²) in [7, 11) is 0. The summed E-state index contributed by atoms with van der Waals surface area (Å²) in [6.07, 6.45) is 3.29. The normalized spacial score (nSPS) is 10.5. The van der Waals surface area contributed by atoms with Crippen LogP contribution in [-0.4, -0.2) is 34.0 Å². The molecule has 0 unspecified atom stereocenters. The first-order valence-electron chi connectivity index (χ1n) is 5.18. The lowest BCUT2D eigenvalue weighted by Gasteiger charge is -2.01. The Labute approximate surface area is 89.4 Å². The lowest BCUT2D eigenvalue weighted by atomic mass is 10.3. The van der Waals surface area contributed by atoms with E-state index in [-0.39, 0.29) is 5.78 Å². The van der Waals surface area contributed by atoms with Crippen molar-refractivity contribution >= 4 is 5.78 Å². The van der Waals surface area contributed by atoms with E-state index >= 15 is 0 Å². The summed E-state index contributed by atoms with van der Waals surface area (Å²) in [4.78, 5) is 10.6. The lowest BCUT2D eigenvalue weighted by molar-refractivity contribution is -0.118. The molecule has 0 amide bonds. The number of nitrogens with zero attached hydrogens (tertiary/aromatic N) is 3. The molecule has 0 spiro atoms. The van der Waals surface area contributed by atoms with Crippen LogP contribution in [0.4, 0.5) is 0 Å². The molecule has 1 rings (SSSR count). The number of carbonyl (C=O) groups excluding carboxylic acids is 1. The third kappa shape index (κ3) is 4.69. The summed E-state index contributed by atoms with van der Waals surface area (Å²) in [5.41, 5.74) is 0.985. The highest BCUT2D eigenvalue weighted by Crippen LogP contribution is 1.93. The Kier molecular flexibility index (Phi) is 4.97. The molecule has 1 heterocycles. The van der Waals surface area contributed by atoms with E-state index in [1.807, 2.05) is 13.1 Å². The second-order valence-corrected chi connectivity index (χ2v) is 3.39. The molecule has 1 aromatic heterocycles. The molecular weight excluding hydrogens is 194 g/mol. The van der Waals surface area contributed by atoms with Crippen molar-refractivity contribution in [3.05, 3.63) is 11.9 Å². The molecular formula is C10H17N3O2. The lowest BCUT2D eigenvalue weighted by Crippen LogP contribution is -2.08. The average Bonchev–Trinajstić information content (AvgIpc) is 2.65. The van der Waals surface area contributed by atoms with Crippen molar-refractivity contribution < 1.29 is 9.53 Å². The maximum Gasteiger partial charge on any atom is 0.132 e. The molecule has 15 heavy (non-hydrogen) atoms. The van der Waals surface area contributed by atoms with E-state index in [0.29, 0.717) is 26.2 Å². The van der Waals surface area contributed by atoms with Gasteiger partial charge in [0.2, 0.25) is 0 Å². The van der Waals surface area contributed by atoms with Crippen LogP contribution < -0.4 is 0 Å². The Morgan fingerprint density at radius 3 is 2.93 bits per heavy atom. The minimum absolute atomic E-state index is 0.157. The van der Waals surface area contributed by atoms with E-state index < -0.39 is 0 Å². The standard InChI is InChI=1S/C10H17N3O2/c1-3-10-8-13(12-11-10)5-7-15-6-4-9(2)14/h8H,3-7H2,1-2H3. The SMILES string of the molecule is CCc1cn(CCOCCC(C)=O)nn1. The zero-order chi connectivity index (χ0) is 11.1. The van der Waals surface area contributed by atoms with Crippen molar-refractivity contribution in [1.82, 2.24) is 15.0 Å². The number of aromatic nitrogens is 3. The van der Waals surface area contributed by atoms with Gasteiger partial charge in [0.1, 0.15) is 5.78 Å². The van der Waals surface area contributed by atoms with Gasteiger partial charge in [-0.1, -0.05) is 12.1 Å². The Hall–Kier alpha value is -1.23. The fraction of sp³-hybridized carbons (Fsp3) is 0.700. The summed E-state index contributed by atoms with van der Waals surface area (Å²) >= 11 is 0. The smallest absolute Gasteiger partial charge is 0.132 e. The van der Waals surface area contributed by atoms with Crippen LogP contribution in [0.2, 0.25) is 0 Å². The molecule has 0 atom stereocenters. The molecule has 0 aliphatic carbocycles. The van der Waals surface area contributed by atoms with Gasteiger partial charge in [0.05, 0.1) is 25.5 Å². The molecule has 0 radical (unpaired) electrons. The first kappa shape index (κ1) is 11.8. The zero-order valence-corrected chi connectivity index (χ0v) is 9.27. The number of hydrogen-bond donors (Lipinski definition) is 0. The average molecular weight is 211 g/mol. The highest BCUT2D eigenvalue weighted by atomic mass is 16.5. The maximum atomic E-state index is 10.6. The van der Waals surface area contributed by atoms with Crippen LogP contribution in [0.5, 0.6) is 0 Å². The van der Waals surface area contributed by atoms with Gasteiger partial charge in [0.25, 0.3) is 0 Å². The number of carbonyl (C=O) groups is 1. The van der Waals surface area contributed by atoms with Gasteiger partial charge in [-0.15, -0.1) is 5.10 Å². The summed E-state index contributed by atoms with van der Waals surface area (Å²) in [6, 6.07) is 0. The van der Waals surface area contributed by atoms with Crippen LogP contribution in [0.25, 0.3) is 0 Å². The van der Waals surface area contributed by atoms with Crippen LogP contribution in [0.15, 0.2) is 6.20 Å². The van der Waals surface area contributed by atoms with Crippen molar-refractivity contribution in [1.29, 1.82) is 0 Å². The van der Waals surface area contributed by atoms with E-state index in [1.54, 1.807) is 11.6 Å². The largest absolute Gasteiger partial charge is 0.379 e. The van der Waals surface area contributed by atoms with Crippen molar-refractivity contribution in [3.63, 3.8) is 0 Å². The predicted octanol–water partition coefficient (Wildman–Crippen LogP) is 0.836. The molecule has 1 aromatic rings. The quantitative estimate of drug-likeness (QED) is 0.627. The number of Topliss-reactive ketones (excluding diaryl/α,β-unsaturated/α-hetero) is 1. The van der Waals surface area contributed by atoms with E-state index in [2.05, 4.69) is 10.3 Å². The van der Waals surface area contributed by atoms with Gasteiger partial charge in [0.15, 0.2) is 0 Å². The van der Waals surface area contributed by atoms with E-state index in [0.717, 1.165) is 12.1 Å². The number of hydrogen-bond acceptors (Lipinski definition) is 4. The fourth-order valence-electron chi connectivity index (χ4n) is 1.09. The molecule has 5 nitrogen and oxygen atoms in total. The summed E-state index contributed by atoms with van der Waals surface area (Å²) in [5.74, 6) is 0.157. The fourth-order valence-corrected chi connectivity index (χ4v) is 1.09. The summed E-state index contributed by atoms with van der Waals surface area (Å²) in [6.45, 7) is 5.35. The molecule has 0 aliphatic heterocycles. The van der Waals surface area contributed by atoms with Gasteiger partial charge >= 0.3 is 0 Å². The molecule has 0 bridgehead atoms. The minimum Gasteiger partial charge on any atom is -0.379 e. The molecule has 0 saturated carbocycles. The zero-order valence-electron chi connectivity index (χ0n) is 9.27. The molecule has 84 valence electrons. The number of ether oxygens (including phenoxy) is 1. The van der Waals surface area contributed by atoms with Crippen LogP contribution in [-0.2, 0) is 22.5 Å². The monoisotopic (exact) mass is 211 g/mol. The van der Waals surface area contributed by atoms with Gasteiger partial charge in [-0.25, -0.2) is 4.68 Å². The third-order valence-electron chi connectivity index (χ3n) is 2.01. The number of ketones is 1. The summed E-state index contributed by atoms with van der Waals surface area (Å²) in [5, 5.41) is 7.90. The molecule has 5 heteroatoms. The van der Waals surface area contributed by atoms with Crippen molar-refractivity contribution in [2.75, 3.05) is 13.2 Å². The third-order valence-corrected chi connectivity index (χ3v) is 2.01. The highest BCUT2D eigenvalue weighted by Gasteiger charge is 1.98.